The van der Waals surface area contributed by atoms with E-state index in [4.69, 9.17) is 9.47 Å². The van der Waals surface area contributed by atoms with Gasteiger partial charge in [0.15, 0.2) is 0 Å². The summed E-state index contributed by atoms with van der Waals surface area (Å²) in [5.41, 5.74) is 0.297. The van der Waals surface area contributed by atoms with Gasteiger partial charge in [0, 0.05) is 11.6 Å². The number of nitrogens with one attached hydrogen (secondary N) is 1. The van der Waals surface area contributed by atoms with Crippen LogP contribution in [0.15, 0.2) is 46.4 Å². The molecule has 0 atom stereocenters. The van der Waals surface area contributed by atoms with E-state index in [1.807, 2.05) is 6.07 Å². The number of ether oxygens (including phenoxy) is 2. The van der Waals surface area contributed by atoms with Crippen LogP contribution in [0, 0.1) is 17.1 Å². The molecule has 0 fully saturated rings. The molecule has 0 heterocycles. The van der Waals surface area contributed by atoms with Gasteiger partial charge in [-0.1, -0.05) is 12.1 Å². The first kappa shape index (κ1) is 18.5. The van der Waals surface area contributed by atoms with Gasteiger partial charge in [-0.3, -0.25) is 4.79 Å². The Labute approximate surface area is 152 Å². The molecule has 0 bridgehead atoms. The first-order valence-electron chi connectivity index (χ1n) is 7.09. The molecular weight excluding hydrogens is 391 g/mol. The second-order valence-corrected chi connectivity index (χ2v) is 5.69. The predicted molar refractivity (Wildman–Crippen MR) is 95.9 cm³/mol. The molecule has 5 nitrogen and oxygen atoms in total. The van der Waals surface area contributed by atoms with Crippen molar-refractivity contribution < 1.29 is 18.7 Å². The minimum Gasteiger partial charge on any atom is -0.496 e. The maximum absolute atomic E-state index is 13.6. The lowest BCUT2D eigenvalue weighted by molar-refractivity contribution is -0.112. The first-order chi connectivity index (χ1) is 12.0. The number of amides is 1. The van der Waals surface area contributed by atoms with Gasteiger partial charge in [-0.25, -0.2) is 4.39 Å². The number of nitrogens with zero attached hydrogens (tertiary/aromatic N) is 1. The summed E-state index contributed by atoms with van der Waals surface area (Å²) < 4.78 is 24.7. The third kappa shape index (κ3) is 4.37. The van der Waals surface area contributed by atoms with Gasteiger partial charge in [0.25, 0.3) is 5.91 Å². The summed E-state index contributed by atoms with van der Waals surface area (Å²) in [6.45, 7) is 0. The van der Waals surface area contributed by atoms with Gasteiger partial charge < -0.3 is 14.8 Å². The minimum atomic E-state index is -0.721. The maximum atomic E-state index is 13.6. The molecule has 0 spiro atoms. The molecule has 7 heteroatoms. The van der Waals surface area contributed by atoms with Gasteiger partial charge in [0.2, 0.25) is 0 Å². The zero-order valence-electron chi connectivity index (χ0n) is 13.5. The fourth-order valence-electron chi connectivity index (χ4n) is 2.05. The highest BCUT2D eigenvalue weighted by atomic mass is 79.9. The van der Waals surface area contributed by atoms with Crippen molar-refractivity contribution in [3.05, 3.63) is 57.8 Å². The minimum absolute atomic E-state index is 0.00322. The van der Waals surface area contributed by atoms with Crippen LogP contribution >= 0.6 is 15.9 Å². The third-order valence-corrected chi connectivity index (χ3v) is 3.91. The van der Waals surface area contributed by atoms with Crippen LogP contribution in [0.25, 0.3) is 6.08 Å². The SMILES string of the molecule is COc1cc(OC)c(/C=C(\C#N)C(=O)Nc2ccccc2F)cc1Br. The van der Waals surface area contributed by atoms with E-state index in [2.05, 4.69) is 21.2 Å². The Morgan fingerprint density at radius 2 is 1.92 bits per heavy atom. The topological polar surface area (TPSA) is 71.3 Å². The lowest BCUT2D eigenvalue weighted by atomic mass is 10.1. The van der Waals surface area contributed by atoms with Gasteiger partial charge in [0.1, 0.15) is 29.0 Å². The molecule has 1 amide bonds. The Kier molecular flexibility index (Phi) is 6.14. The summed E-state index contributed by atoms with van der Waals surface area (Å²) in [6, 6.07) is 10.8. The van der Waals surface area contributed by atoms with Gasteiger partial charge in [0.05, 0.1) is 24.4 Å². The summed E-state index contributed by atoms with van der Waals surface area (Å²) in [5.74, 6) is -0.339. The molecule has 128 valence electrons. The second kappa shape index (κ2) is 8.31. The normalized spacial score (nSPS) is 10.8. The fraction of sp³-hybridized carbons (Fsp3) is 0.111. The molecule has 0 saturated heterocycles. The number of anilines is 1. The average molecular weight is 405 g/mol. The predicted octanol–water partition coefficient (Wildman–Crippen LogP) is 4.15. The molecule has 0 aliphatic carbocycles. The molecule has 0 aliphatic heterocycles. The molecule has 25 heavy (non-hydrogen) atoms. The van der Waals surface area contributed by atoms with Crippen LogP contribution < -0.4 is 14.8 Å². The Bertz CT molecular complexity index is 875. The van der Waals surface area contributed by atoms with E-state index in [1.54, 1.807) is 18.2 Å². The molecule has 1 N–H and O–H groups in total. The van der Waals surface area contributed by atoms with Crippen molar-refractivity contribution >= 4 is 33.6 Å². The van der Waals surface area contributed by atoms with E-state index >= 15 is 0 Å². The zero-order chi connectivity index (χ0) is 18.4. The van der Waals surface area contributed by atoms with Crippen molar-refractivity contribution in [1.29, 1.82) is 5.26 Å². The van der Waals surface area contributed by atoms with Crippen LogP contribution in [0.5, 0.6) is 11.5 Å². The summed E-state index contributed by atoms with van der Waals surface area (Å²) >= 11 is 3.34. The van der Waals surface area contributed by atoms with Gasteiger partial charge in [-0.2, -0.15) is 5.26 Å². The van der Waals surface area contributed by atoms with Crippen LogP contribution in [0.1, 0.15) is 5.56 Å². The third-order valence-electron chi connectivity index (χ3n) is 3.29. The van der Waals surface area contributed by atoms with Crippen molar-refractivity contribution in [2.75, 3.05) is 19.5 Å². The summed E-state index contributed by atoms with van der Waals surface area (Å²) in [7, 11) is 2.98. The first-order valence-corrected chi connectivity index (χ1v) is 7.88. The Morgan fingerprint density at radius 1 is 1.24 bits per heavy atom. The summed E-state index contributed by atoms with van der Waals surface area (Å²) in [6.07, 6.45) is 1.36. The smallest absolute Gasteiger partial charge is 0.266 e. The van der Waals surface area contributed by atoms with Gasteiger partial charge >= 0.3 is 0 Å². The van der Waals surface area contributed by atoms with Crippen molar-refractivity contribution in [2.45, 2.75) is 0 Å². The summed E-state index contributed by atoms with van der Waals surface area (Å²) in [5, 5.41) is 11.7. The van der Waals surface area contributed by atoms with Gasteiger partial charge in [-0.05, 0) is 40.2 Å². The number of hydrogen-bond acceptors (Lipinski definition) is 4. The lowest BCUT2D eigenvalue weighted by Crippen LogP contribution is -2.14. The van der Waals surface area contributed by atoms with E-state index in [9.17, 15) is 14.4 Å². The highest BCUT2D eigenvalue weighted by Gasteiger charge is 2.14. The Balaban J connectivity index is 2.37. The number of rotatable bonds is 5. The Hall–Kier alpha value is -2.85. The van der Waals surface area contributed by atoms with E-state index < -0.39 is 11.7 Å². The Morgan fingerprint density at radius 3 is 2.52 bits per heavy atom. The number of carbonyl (C=O) groups is 1. The molecule has 2 rings (SSSR count). The highest BCUT2D eigenvalue weighted by Crippen LogP contribution is 2.34. The number of carbonyl (C=O) groups excluding carboxylic acids is 1. The molecule has 2 aromatic rings. The number of nitriles is 1. The number of halogens is 2. The van der Waals surface area contributed by atoms with Crippen molar-refractivity contribution in [3.63, 3.8) is 0 Å². The monoisotopic (exact) mass is 404 g/mol. The molecular formula is C18H14BrFN2O3. The van der Waals surface area contributed by atoms with Crippen molar-refractivity contribution in [2.24, 2.45) is 0 Å². The number of benzene rings is 2. The maximum Gasteiger partial charge on any atom is 0.266 e. The lowest BCUT2D eigenvalue weighted by Gasteiger charge is -2.10. The van der Waals surface area contributed by atoms with E-state index in [0.29, 0.717) is 21.5 Å². The highest BCUT2D eigenvalue weighted by molar-refractivity contribution is 9.10. The summed E-state index contributed by atoms with van der Waals surface area (Å²) in [4.78, 5) is 12.3. The van der Waals surface area contributed by atoms with Crippen molar-refractivity contribution in [1.82, 2.24) is 0 Å². The van der Waals surface area contributed by atoms with Crippen LogP contribution in [0.4, 0.5) is 10.1 Å². The van der Waals surface area contributed by atoms with E-state index in [-0.39, 0.29) is 11.3 Å². The average Bonchev–Trinajstić information content (AvgIpc) is 2.61. The molecule has 0 radical (unpaired) electrons. The quantitative estimate of drug-likeness (QED) is 0.599. The largest absolute Gasteiger partial charge is 0.496 e. The molecule has 0 saturated carbocycles. The molecule has 0 aliphatic rings. The second-order valence-electron chi connectivity index (χ2n) is 4.83. The number of para-hydroxylation sites is 1. The zero-order valence-corrected chi connectivity index (χ0v) is 15.1. The van der Waals surface area contributed by atoms with Crippen LogP contribution in [-0.2, 0) is 4.79 Å². The van der Waals surface area contributed by atoms with E-state index in [0.717, 1.165) is 0 Å². The molecule has 0 unspecified atom stereocenters. The van der Waals surface area contributed by atoms with Crippen LogP contribution in [0.3, 0.4) is 0 Å². The van der Waals surface area contributed by atoms with Crippen LogP contribution in [-0.4, -0.2) is 20.1 Å². The van der Waals surface area contributed by atoms with Crippen LogP contribution in [0.2, 0.25) is 0 Å². The number of hydrogen-bond donors (Lipinski definition) is 1. The molecule has 2 aromatic carbocycles. The fourth-order valence-corrected chi connectivity index (χ4v) is 2.58. The molecule has 0 aromatic heterocycles. The van der Waals surface area contributed by atoms with Crippen molar-refractivity contribution in [3.8, 4) is 17.6 Å². The number of methoxy groups -OCH3 is 2. The van der Waals surface area contributed by atoms with E-state index in [1.165, 1.54) is 38.5 Å². The van der Waals surface area contributed by atoms with Gasteiger partial charge in [-0.15, -0.1) is 0 Å². The standard InChI is InChI=1S/C18H14BrFN2O3/c1-24-16-9-17(25-2)13(19)8-11(16)7-12(10-21)18(23)22-15-6-4-3-5-14(15)20/h3-9H,1-2H3,(H,22,23)/b12-7+.